The first-order valence-electron chi connectivity index (χ1n) is 8.84. The number of aryl methyl sites for hydroxylation is 2. The van der Waals surface area contributed by atoms with Crippen LogP contribution in [0.2, 0.25) is 0 Å². The molecule has 6 nitrogen and oxygen atoms in total. The maximum Gasteiger partial charge on any atom is 0.281 e. The molecular formula is C19H23N5O. The number of benzene rings is 1. The van der Waals surface area contributed by atoms with Crippen LogP contribution in [-0.4, -0.2) is 37.3 Å². The molecule has 3 aromatic rings. The maximum absolute atomic E-state index is 12.5. The van der Waals surface area contributed by atoms with Gasteiger partial charge in [-0.1, -0.05) is 30.3 Å². The molecule has 25 heavy (non-hydrogen) atoms. The zero-order valence-electron chi connectivity index (χ0n) is 14.5. The van der Waals surface area contributed by atoms with Crippen molar-refractivity contribution in [2.75, 3.05) is 13.1 Å². The first-order chi connectivity index (χ1) is 12.2. The summed E-state index contributed by atoms with van der Waals surface area (Å²) in [6.45, 7) is 3.95. The highest BCUT2D eigenvalue weighted by atomic mass is 16.1. The second-order valence-electron chi connectivity index (χ2n) is 6.94. The zero-order valence-corrected chi connectivity index (χ0v) is 14.5. The monoisotopic (exact) mass is 337 g/mol. The molecule has 0 unspecified atom stereocenters. The van der Waals surface area contributed by atoms with Gasteiger partial charge in [0.25, 0.3) is 5.56 Å². The number of aromatic nitrogens is 4. The van der Waals surface area contributed by atoms with E-state index in [4.69, 9.17) is 0 Å². The normalized spacial score (nSPS) is 18.2. The summed E-state index contributed by atoms with van der Waals surface area (Å²) in [6.07, 6.45) is 5.63. The first-order valence-corrected chi connectivity index (χ1v) is 8.84. The Hall–Kier alpha value is -2.47. The minimum Gasteiger partial charge on any atom is -0.299 e. The summed E-state index contributed by atoms with van der Waals surface area (Å²) in [5.74, 6) is 0.634. The van der Waals surface area contributed by atoms with Crippen molar-refractivity contribution in [3.05, 3.63) is 58.8 Å². The third-order valence-corrected chi connectivity index (χ3v) is 5.01. The van der Waals surface area contributed by atoms with Gasteiger partial charge in [-0.15, -0.1) is 0 Å². The standard InChI is InChI=1S/C19H23N5O/c1-22-13-17-18(21-22)19(25)24(14-20-17)10-8-16-7-9-23(12-16)11-15-5-3-2-4-6-15/h2-6,13-14,16H,7-12H2,1H3/t16-/m0/s1. The van der Waals surface area contributed by atoms with Crippen LogP contribution in [0.3, 0.4) is 0 Å². The second-order valence-corrected chi connectivity index (χ2v) is 6.94. The van der Waals surface area contributed by atoms with E-state index in [1.54, 1.807) is 21.8 Å². The fourth-order valence-corrected chi connectivity index (χ4v) is 3.66. The smallest absolute Gasteiger partial charge is 0.281 e. The maximum atomic E-state index is 12.5. The molecule has 0 radical (unpaired) electrons. The van der Waals surface area contributed by atoms with Crippen LogP contribution in [-0.2, 0) is 20.1 Å². The summed E-state index contributed by atoms with van der Waals surface area (Å²) in [5.41, 5.74) is 2.45. The van der Waals surface area contributed by atoms with Crippen LogP contribution >= 0.6 is 0 Å². The SMILES string of the molecule is Cn1cc2ncn(CC[C@@H]3CCN(Cc4ccccc4)C3)c(=O)c2n1. The van der Waals surface area contributed by atoms with Crippen molar-refractivity contribution < 1.29 is 0 Å². The first kappa shape index (κ1) is 16.0. The van der Waals surface area contributed by atoms with Crippen LogP contribution in [0.5, 0.6) is 0 Å². The van der Waals surface area contributed by atoms with Crippen molar-refractivity contribution >= 4 is 11.0 Å². The molecule has 1 atom stereocenters. The Kier molecular flexibility index (Phi) is 4.36. The molecule has 4 rings (SSSR count). The third-order valence-electron chi connectivity index (χ3n) is 5.01. The highest BCUT2D eigenvalue weighted by Crippen LogP contribution is 2.21. The topological polar surface area (TPSA) is 56.0 Å². The van der Waals surface area contributed by atoms with Crippen molar-refractivity contribution in [3.63, 3.8) is 0 Å². The molecule has 0 bridgehead atoms. The fourth-order valence-electron chi connectivity index (χ4n) is 3.66. The van der Waals surface area contributed by atoms with Gasteiger partial charge in [0.1, 0.15) is 5.52 Å². The minimum absolute atomic E-state index is 0.0373. The zero-order chi connectivity index (χ0) is 17.2. The lowest BCUT2D eigenvalue weighted by Crippen LogP contribution is -2.23. The van der Waals surface area contributed by atoms with E-state index in [9.17, 15) is 4.79 Å². The summed E-state index contributed by atoms with van der Waals surface area (Å²) >= 11 is 0. The van der Waals surface area contributed by atoms with Crippen LogP contribution < -0.4 is 5.56 Å². The molecule has 1 aliphatic rings. The number of hydrogen-bond acceptors (Lipinski definition) is 4. The molecule has 2 aromatic heterocycles. The predicted molar refractivity (Wildman–Crippen MR) is 97.2 cm³/mol. The molecule has 6 heteroatoms. The second kappa shape index (κ2) is 6.80. The third kappa shape index (κ3) is 3.49. The number of nitrogens with zero attached hydrogens (tertiary/aromatic N) is 5. The van der Waals surface area contributed by atoms with Gasteiger partial charge in [0.2, 0.25) is 0 Å². The van der Waals surface area contributed by atoms with E-state index < -0.39 is 0 Å². The van der Waals surface area contributed by atoms with Gasteiger partial charge >= 0.3 is 0 Å². The van der Waals surface area contributed by atoms with E-state index in [0.29, 0.717) is 23.5 Å². The molecular weight excluding hydrogens is 314 g/mol. The number of rotatable bonds is 5. The van der Waals surface area contributed by atoms with Crippen molar-refractivity contribution in [3.8, 4) is 0 Å². The Bertz CT molecular complexity index is 914. The summed E-state index contributed by atoms with van der Waals surface area (Å²) in [6, 6.07) is 10.6. The van der Waals surface area contributed by atoms with Gasteiger partial charge in [0, 0.05) is 26.7 Å². The van der Waals surface area contributed by atoms with Gasteiger partial charge in [0.15, 0.2) is 5.52 Å². The average Bonchev–Trinajstić information content (AvgIpc) is 3.21. The molecule has 0 spiro atoms. The van der Waals surface area contributed by atoms with Crippen LogP contribution in [0.25, 0.3) is 11.0 Å². The van der Waals surface area contributed by atoms with Gasteiger partial charge < -0.3 is 0 Å². The molecule has 0 N–H and O–H groups in total. The molecule has 3 heterocycles. The Morgan fingerprint density at radius 3 is 2.92 bits per heavy atom. The van der Waals surface area contributed by atoms with Crippen LogP contribution in [0, 0.1) is 5.92 Å². The molecule has 1 aromatic carbocycles. The summed E-state index contributed by atoms with van der Waals surface area (Å²) in [5, 5.41) is 4.22. The van der Waals surface area contributed by atoms with Gasteiger partial charge in [0.05, 0.1) is 12.5 Å². The molecule has 1 aliphatic heterocycles. The van der Waals surface area contributed by atoms with Crippen molar-refractivity contribution in [1.29, 1.82) is 0 Å². The highest BCUT2D eigenvalue weighted by Gasteiger charge is 2.22. The van der Waals surface area contributed by atoms with Crippen LogP contribution in [0.4, 0.5) is 0 Å². The summed E-state index contributed by atoms with van der Waals surface area (Å²) in [7, 11) is 1.81. The van der Waals surface area contributed by atoms with E-state index in [2.05, 4.69) is 45.3 Å². The van der Waals surface area contributed by atoms with Gasteiger partial charge in [-0.05, 0) is 30.9 Å². The van der Waals surface area contributed by atoms with Gasteiger partial charge in [-0.2, -0.15) is 5.10 Å². The molecule has 0 aliphatic carbocycles. The number of fused-ring (bicyclic) bond motifs is 1. The van der Waals surface area contributed by atoms with Gasteiger partial charge in [-0.3, -0.25) is 18.9 Å². The highest BCUT2D eigenvalue weighted by molar-refractivity contribution is 5.71. The molecule has 1 saturated heterocycles. The lowest BCUT2D eigenvalue weighted by Gasteiger charge is -2.16. The lowest BCUT2D eigenvalue weighted by atomic mass is 10.1. The predicted octanol–water partition coefficient (Wildman–Crippen LogP) is 2.04. The fraction of sp³-hybridized carbons (Fsp3) is 0.421. The van der Waals surface area contributed by atoms with E-state index in [-0.39, 0.29) is 5.56 Å². The van der Waals surface area contributed by atoms with Gasteiger partial charge in [-0.25, -0.2) is 4.98 Å². The average molecular weight is 337 g/mol. The van der Waals surface area contributed by atoms with E-state index in [0.717, 1.165) is 26.1 Å². The molecule has 0 amide bonds. The van der Waals surface area contributed by atoms with Crippen LogP contribution in [0.15, 0.2) is 47.7 Å². The van der Waals surface area contributed by atoms with Crippen molar-refractivity contribution in [2.45, 2.75) is 25.9 Å². The largest absolute Gasteiger partial charge is 0.299 e. The van der Waals surface area contributed by atoms with E-state index in [1.165, 1.54) is 12.0 Å². The molecule has 1 fully saturated rings. The Morgan fingerprint density at radius 1 is 1.24 bits per heavy atom. The number of hydrogen-bond donors (Lipinski definition) is 0. The lowest BCUT2D eigenvalue weighted by molar-refractivity contribution is 0.310. The van der Waals surface area contributed by atoms with Crippen LogP contribution in [0.1, 0.15) is 18.4 Å². The summed E-state index contributed by atoms with van der Waals surface area (Å²) < 4.78 is 3.34. The minimum atomic E-state index is -0.0373. The Balaban J connectivity index is 1.36. The van der Waals surface area contributed by atoms with E-state index in [1.807, 2.05) is 7.05 Å². The molecule has 130 valence electrons. The van der Waals surface area contributed by atoms with Crippen molar-refractivity contribution in [2.24, 2.45) is 13.0 Å². The quantitative estimate of drug-likeness (QED) is 0.715. The molecule has 0 saturated carbocycles. The van der Waals surface area contributed by atoms with E-state index >= 15 is 0 Å². The van der Waals surface area contributed by atoms with Crippen molar-refractivity contribution in [1.82, 2.24) is 24.2 Å². The Morgan fingerprint density at radius 2 is 2.08 bits per heavy atom. The Labute approximate surface area is 146 Å². The summed E-state index contributed by atoms with van der Waals surface area (Å²) in [4.78, 5) is 19.3. The number of likely N-dealkylation sites (tertiary alicyclic amines) is 1.